The fraction of sp³-hybridized carbons (Fsp3) is 0.375. The van der Waals surface area contributed by atoms with Gasteiger partial charge in [-0.1, -0.05) is 24.3 Å². The van der Waals surface area contributed by atoms with E-state index in [0.29, 0.717) is 11.1 Å². The first-order chi connectivity index (χ1) is 9.71. The van der Waals surface area contributed by atoms with Crippen LogP contribution in [-0.2, 0) is 19.1 Å². The van der Waals surface area contributed by atoms with Crippen LogP contribution in [0.2, 0.25) is 0 Å². The van der Waals surface area contributed by atoms with E-state index in [9.17, 15) is 14.7 Å². The molecule has 1 saturated heterocycles. The topological polar surface area (TPSA) is 72.8 Å². The Labute approximate surface area is 123 Å². The van der Waals surface area contributed by atoms with E-state index in [1.165, 1.54) is 26.0 Å². The second-order valence-corrected chi connectivity index (χ2v) is 5.64. The molecule has 112 valence electrons. The Balaban J connectivity index is 2.42. The first-order valence-electron chi connectivity index (χ1n) is 6.61. The second-order valence-electron chi connectivity index (χ2n) is 5.64. The fourth-order valence-electron chi connectivity index (χ4n) is 2.48. The maximum atomic E-state index is 12.2. The third-order valence-electron chi connectivity index (χ3n) is 3.29. The highest BCUT2D eigenvalue weighted by Gasteiger charge is 2.47. The van der Waals surface area contributed by atoms with E-state index < -0.39 is 29.6 Å². The van der Waals surface area contributed by atoms with Crippen molar-refractivity contribution in [3.63, 3.8) is 0 Å². The maximum Gasteiger partial charge on any atom is 0.324 e. The van der Waals surface area contributed by atoms with Crippen molar-refractivity contribution in [1.29, 1.82) is 0 Å². The molecule has 1 unspecified atom stereocenters. The first-order valence-corrected chi connectivity index (χ1v) is 6.61. The third kappa shape index (κ3) is 3.07. The molecule has 1 N–H and O–H groups in total. The number of carbonyl (C=O) groups is 2. The molecule has 0 aliphatic carbocycles. The lowest BCUT2D eigenvalue weighted by atomic mass is 9.81. The standard InChI is InChI=1S/C16H18O5/c1-9(2)12(10-6-5-7-11(17)8-10)13-14(18)20-16(3,4)21-15(13)19/h5-8,12-13,17H,1H2,2-4H3. The van der Waals surface area contributed by atoms with Gasteiger partial charge in [0.15, 0.2) is 5.92 Å². The number of ether oxygens (including phenoxy) is 2. The molecule has 0 saturated carbocycles. The minimum atomic E-state index is -1.26. The predicted molar refractivity (Wildman–Crippen MR) is 75.4 cm³/mol. The number of hydrogen-bond donors (Lipinski definition) is 1. The van der Waals surface area contributed by atoms with E-state index in [4.69, 9.17) is 9.47 Å². The number of phenols is 1. The van der Waals surface area contributed by atoms with Gasteiger partial charge in [0.05, 0.1) is 0 Å². The molecule has 21 heavy (non-hydrogen) atoms. The van der Waals surface area contributed by atoms with Crippen LogP contribution in [0.3, 0.4) is 0 Å². The van der Waals surface area contributed by atoms with Gasteiger partial charge in [0.2, 0.25) is 0 Å². The molecule has 0 radical (unpaired) electrons. The lowest BCUT2D eigenvalue weighted by molar-refractivity contribution is -0.240. The highest BCUT2D eigenvalue weighted by Crippen LogP contribution is 2.38. The molecule has 1 aromatic carbocycles. The Bertz CT molecular complexity index is 582. The third-order valence-corrected chi connectivity index (χ3v) is 3.29. The van der Waals surface area contributed by atoms with Crippen LogP contribution in [0, 0.1) is 5.92 Å². The Kier molecular flexibility index (Phi) is 3.77. The monoisotopic (exact) mass is 290 g/mol. The highest BCUT2D eigenvalue weighted by atomic mass is 16.7. The van der Waals surface area contributed by atoms with Crippen LogP contribution in [0.15, 0.2) is 36.4 Å². The van der Waals surface area contributed by atoms with Gasteiger partial charge in [0.25, 0.3) is 5.79 Å². The molecule has 5 nitrogen and oxygen atoms in total. The number of allylic oxidation sites excluding steroid dienone is 1. The zero-order chi connectivity index (χ0) is 15.8. The number of cyclic esters (lactones) is 2. The molecule has 1 atom stereocenters. The van der Waals surface area contributed by atoms with Crippen molar-refractivity contribution in [1.82, 2.24) is 0 Å². The summed E-state index contributed by atoms with van der Waals surface area (Å²) in [4.78, 5) is 24.4. The summed E-state index contributed by atoms with van der Waals surface area (Å²) in [5.74, 6) is -4.22. The van der Waals surface area contributed by atoms with Gasteiger partial charge in [-0.2, -0.15) is 0 Å². The van der Waals surface area contributed by atoms with Crippen molar-refractivity contribution >= 4 is 11.9 Å². The highest BCUT2D eigenvalue weighted by molar-refractivity contribution is 5.98. The van der Waals surface area contributed by atoms with E-state index in [2.05, 4.69) is 6.58 Å². The summed E-state index contributed by atoms with van der Waals surface area (Å²) in [6.07, 6.45) is 0. The van der Waals surface area contributed by atoms with Gasteiger partial charge < -0.3 is 14.6 Å². The minimum Gasteiger partial charge on any atom is -0.508 e. The Morgan fingerprint density at radius 1 is 1.29 bits per heavy atom. The van der Waals surface area contributed by atoms with Crippen LogP contribution in [0.5, 0.6) is 5.75 Å². The van der Waals surface area contributed by atoms with Crippen molar-refractivity contribution in [3.8, 4) is 5.75 Å². The number of hydrogen-bond acceptors (Lipinski definition) is 5. The predicted octanol–water partition coefficient (Wildman–Crippen LogP) is 2.50. The molecular formula is C16H18O5. The normalized spacial score (nSPS) is 19.6. The molecule has 1 aromatic rings. The molecule has 5 heteroatoms. The number of aromatic hydroxyl groups is 1. The van der Waals surface area contributed by atoms with Gasteiger partial charge in [-0.3, -0.25) is 9.59 Å². The van der Waals surface area contributed by atoms with Crippen molar-refractivity contribution in [3.05, 3.63) is 42.0 Å². The van der Waals surface area contributed by atoms with Crippen molar-refractivity contribution < 1.29 is 24.2 Å². The molecule has 0 bridgehead atoms. The summed E-state index contributed by atoms with van der Waals surface area (Å²) in [6, 6.07) is 6.38. The second kappa shape index (κ2) is 5.24. The van der Waals surface area contributed by atoms with Crippen LogP contribution in [0.4, 0.5) is 0 Å². The summed E-state index contributed by atoms with van der Waals surface area (Å²) < 4.78 is 10.3. The summed E-state index contributed by atoms with van der Waals surface area (Å²) in [5.41, 5.74) is 1.22. The average Bonchev–Trinajstić information content (AvgIpc) is 2.31. The van der Waals surface area contributed by atoms with E-state index in [-0.39, 0.29) is 5.75 Å². The molecular weight excluding hydrogens is 272 g/mol. The quantitative estimate of drug-likeness (QED) is 0.526. The van der Waals surface area contributed by atoms with Crippen LogP contribution in [0.1, 0.15) is 32.3 Å². The largest absolute Gasteiger partial charge is 0.508 e. The van der Waals surface area contributed by atoms with E-state index in [1.807, 2.05) is 0 Å². The molecule has 1 aliphatic heterocycles. The van der Waals surface area contributed by atoms with Crippen LogP contribution in [0.25, 0.3) is 0 Å². The molecule has 1 fully saturated rings. The number of phenolic OH excluding ortho intramolecular Hbond substituents is 1. The molecule has 1 heterocycles. The molecule has 0 aromatic heterocycles. The van der Waals surface area contributed by atoms with Crippen molar-refractivity contribution in [2.24, 2.45) is 5.92 Å². The SMILES string of the molecule is C=C(C)C(c1cccc(O)c1)C1C(=O)OC(C)(C)OC1=O. The number of benzene rings is 1. The zero-order valence-electron chi connectivity index (χ0n) is 12.3. The fourth-order valence-corrected chi connectivity index (χ4v) is 2.48. The van der Waals surface area contributed by atoms with Crippen LogP contribution < -0.4 is 0 Å². The Morgan fingerprint density at radius 2 is 1.86 bits per heavy atom. The lowest BCUT2D eigenvalue weighted by Crippen LogP contribution is -2.48. The number of rotatable bonds is 3. The van der Waals surface area contributed by atoms with Gasteiger partial charge in [0, 0.05) is 19.8 Å². The summed E-state index contributed by atoms with van der Waals surface area (Å²) in [7, 11) is 0. The van der Waals surface area contributed by atoms with Gasteiger partial charge in [-0.25, -0.2) is 0 Å². The first kappa shape index (κ1) is 15.1. The molecule has 1 aliphatic rings. The van der Waals surface area contributed by atoms with E-state index in [0.717, 1.165) is 0 Å². The van der Waals surface area contributed by atoms with E-state index >= 15 is 0 Å². The molecule has 2 rings (SSSR count). The van der Waals surface area contributed by atoms with Crippen LogP contribution >= 0.6 is 0 Å². The van der Waals surface area contributed by atoms with E-state index in [1.54, 1.807) is 19.1 Å². The molecule has 0 spiro atoms. The Morgan fingerprint density at radius 3 is 2.33 bits per heavy atom. The Hall–Kier alpha value is -2.30. The van der Waals surface area contributed by atoms with Crippen LogP contribution in [-0.4, -0.2) is 22.8 Å². The van der Waals surface area contributed by atoms with Crippen molar-refractivity contribution in [2.45, 2.75) is 32.5 Å². The van der Waals surface area contributed by atoms with Gasteiger partial charge in [0.1, 0.15) is 5.75 Å². The average molecular weight is 290 g/mol. The minimum absolute atomic E-state index is 0.0524. The lowest BCUT2D eigenvalue weighted by Gasteiger charge is -2.36. The summed E-state index contributed by atoms with van der Waals surface area (Å²) >= 11 is 0. The maximum absolute atomic E-state index is 12.2. The van der Waals surface area contributed by atoms with Gasteiger partial charge in [-0.15, -0.1) is 0 Å². The van der Waals surface area contributed by atoms with Crippen molar-refractivity contribution in [2.75, 3.05) is 0 Å². The number of esters is 2. The van der Waals surface area contributed by atoms with Gasteiger partial charge >= 0.3 is 11.9 Å². The summed E-state index contributed by atoms with van der Waals surface area (Å²) in [6.45, 7) is 8.57. The smallest absolute Gasteiger partial charge is 0.324 e. The number of carbonyl (C=O) groups excluding carboxylic acids is 2. The molecule has 0 amide bonds. The summed E-state index contributed by atoms with van der Waals surface area (Å²) in [5, 5.41) is 9.59. The van der Waals surface area contributed by atoms with Gasteiger partial charge in [-0.05, 0) is 24.6 Å². The zero-order valence-corrected chi connectivity index (χ0v) is 12.3.